The predicted octanol–water partition coefficient (Wildman–Crippen LogP) is 2.77. The van der Waals surface area contributed by atoms with E-state index >= 15 is 0 Å². The van der Waals surface area contributed by atoms with E-state index in [1.165, 1.54) is 0 Å². The number of halogens is 1. The Bertz CT molecular complexity index is 419. The van der Waals surface area contributed by atoms with Gasteiger partial charge < -0.3 is 4.74 Å². The van der Waals surface area contributed by atoms with Crippen LogP contribution in [0.2, 0.25) is 0 Å². The van der Waals surface area contributed by atoms with Gasteiger partial charge in [0.25, 0.3) is 0 Å². The molecule has 1 unspecified atom stereocenters. The van der Waals surface area contributed by atoms with Crippen LogP contribution < -0.4 is 4.90 Å². The van der Waals surface area contributed by atoms with Gasteiger partial charge in [0.15, 0.2) is 0 Å². The molecule has 0 saturated carbocycles. The molecule has 18 heavy (non-hydrogen) atoms. The summed E-state index contributed by atoms with van der Waals surface area (Å²) in [6, 6.07) is 3.71. The van der Waals surface area contributed by atoms with Gasteiger partial charge in [0.05, 0.1) is 17.0 Å². The zero-order valence-electron chi connectivity index (χ0n) is 10.4. The number of anilines is 1. The summed E-state index contributed by atoms with van der Waals surface area (Å²) in [5.74, 6) is 0.694. The van der Waals surface area contributed by atoms with E-state index < -0.39 is 0 Å². The third-order valence-corrected chi connectivity index (χ3v) is 3.73. The SMILES string of the molecule is CN(C(=O)CC1CCCCO1)c1ncccc1Br. The molecule has 0 radical (unpaired) electrons. The molecule has 1 aromatic heterocycles. The minimum Gasteiger partial charge on any atom is -0.378 e. The second-order valence-electron chi connectivity index (χ2n) is 4.45. The van der Waals surface area contributed by atoms with E-state index in [9.17, 15) is 4.79 Å². The van der Waals surface area contributed by atoms with Crippen molar-refractivity contribution in [1.29, 1.82) is 0 Å². The van der Waals surface area contributed by atoms with Gasteiger partial charge >= 0.3 is 0 Å². The Balaban J connectivity index is 1.98. The predicted molar refractivity (Wildman–Crippen MR) is 73.6 cm³/mol. The lowest BCUT2D eigenvalue weighted by Crippen LogP contribution is -2.32. The molecule has 0 spiro atoms. The Hall–Kier alpha value is -0.940. The minimum absolute atomic E-state index is 0.0429. The topological polar surface area (TPSA) is 42.4 Å². The number of amides is 1. The molecule has 1 amide bonds. The maximum Gasteiger partial charge on any atom is 0.230 e. The summed E-state index contributed by atoms with van der Waals surface area (Å²) in [6.07, 6.45) is 5.40. The summed E-state index contributed by atoms with van der Waals surface area (Å²) >= 11 is 3.40. The van der Waals surface area contributed by atoms with Crippen LogP contribution in [-0.2, 0) is 9.53 Å². The van der Waals surface area contributed by atoms with Crippen molar-refractivity contribution in [1.82, 2.24) is 4.98 Å². The summed E-state index contributed by atoms with van der Waals surface area (Å²) in [4.78, 5) is 17.9. The fraction of sp³-hybridized carbons (Fsp3) is 0.538. The average Bonchev–Trinajstić information content (AvgIpc) is 2.39. The lowest BCUT2D eigenvalue weighted by atomic mass is 10.1. The molecule has 1 atom stereocenters. The van der Waals surface area contributed by atoms with Gasteiger partial charge in [-0.2, -0.15) is 0 Å². The summed E-state index contributed by atoms with van der Waals surface area (Å²) in [5, 5.41) is 0. The molecule has 4 nitrogen and oxygen atoms in total. The maximum atomic E-state index is 12.1. The molecule has 0 aliphatic carbocycles. The maximum absolute atomic E-state index is 12.1. The van der Waals surface area contributed by atoms with Crippen molar-refractivity contribution >= 4 is 27.7 Å². The Labute approximate surface area is 115 Å². The number of ether oxygens (including phenoxy) is 1. The molecule has 98 valence electrons. The van der Waals surface area contributed by atoms with E-state index in [0.717, 1.165) is 30.3 Å². The molecule has 1 saturated heterocycles. The molecular weight excluding hydrogens is 296 g/mol. The zero-order chi connectivity index (χ0) is 13.0. The number of aromatic nitrogens is 1. The highest BCUT2D eigenvalue weighted by Gasteiger charge is 2.21. The van der Waals surface area contributed by atoms with Gasteiger partial charge in [-0.15, -0.1) is 0 Å². The molecule has 2 rings (SSSR count). The van der Waals surface area contributed by atoms with Crippen molar-refractivity contribution in [3.8, 4) is 0 Å². The molecule has 1 aliphatic rings. The van der Waals surface area contributed by atoms with Crippen LogP contribution >= 0.6 is 15.9 Å². The molecule has 0 aromatic carbocycles. The molecule has 2 heterocycles. The Morgan fingerprint density at radius 3 is 3.11 bits per heavy atom. The van der Waals surface area contributed by atoms with E-state index in [2.05, 4.69) is 20.9 Å². The molecule has 1 aromatic rings. The van der Waals surface area contributed by atoms with Crippen LogP contribution in [0.1, 0.15) is 25.7 Å². The van der Waals surface area contributed by atoms with E-state index in [1.807, 2.05) is 12.1 Å². The third-order valence-electron chi connectivity index (χ3n) is 3.11. The van der Waals surface area contributed by atoms with Gasteiger partial charge in [-0.1, -0.05) is 0 Å². The highest BCUT2D eigenvalue weighted by molar-refractivity contribution is 9.10. The Morgan fingerprint density at radius 1 is 1.61 bits per heavy atom. The minimum atomic E-state index is 0.0429. The lowest BCUT2D eigenvalue weighted by Gasteiger charge is -2.24. The van der Waals surface area contributed by atoms with Gasteiger partial charge in [-0.3, -0.25) is 9.69 Å². The highest BCUT2D eigenvalue weighted by Crippen LogP contribution is 2.23. The molecule has 0 bridgehead atoms. The fourth-order valence-corrected chi connectivity index (χ4v) is 2.56. The van der Waals surface area contributed by atoms with Crippen molar-refractivity contribution in [2.45, 2.75) is 31.8 Å². The van der Waals surface area contributed by atoms with Crippen LogP contribution in [0.5, 0.6) is 0 Å². The Morgan fingerprint density at radius 2 is 2.44 bits per heavy atom. The number of nitrogens with zero attached hydrogens (tertiary/aromatic N) is 2. The number of carbonyl (C=O) groups excluding carboxylic acids is 1. The van der Waals surface area contributed by atoms with Crippen LogP contribution in [0.4, 0.5) is 5.82 Å². The van der Waals surface area contributed by atoms with E-state index in [-0.39, 0.29) is 12.0 Å². The monoisotopic (exact) mass is 312 g/mol. The van der Waals surface area contributed by atoms with Crippen molar-refractivity contribution in [2.75, 3.05) is 18.6 Å². The van der Waals surface area contributed by atoms with E-state index in [4.69, 9.17) is 4.74 Å². The van der Waals surface area contributed by atoms with Crippen molar-refractivity contribution in [2.24, 2.45) is 0 Å². The zero-order valence-corrected chi connectivity index (χ0v) is 12.0. The number of pyridine rings is 1. The molecule has 1 fully saturated rings. The van der Waals surface area contributed by atoms with Gasteiger partial charge in [0, 0.05) is 19.9 Å². The smallest absolute Gasteiger partial charge is 0.230 e. The molecule has 0 N–H and O–H groups in total. The second kappa shape index (κ2) is 6.29. The quantitative estimate of drug-likeness (QED) is 0.862. The summed E-state index contributed by atoms with van der Waals surface area (Å²) in [5.41, 5.74) is 0. The fourth-order valence-electron chi connectivity index (χ4n) is 2.04. The second-order valence-corrected chi connectivity index (χ2v) is 5.31. The normalized spacial score (nSPS) is 19.6. The van der Waals surface area contributed by atoms with E-state index in [0.29, 0.717) is 12.2 Å². The number of hydrogen-bond acceptors (Lipinski definition) is 3. The average molecular weight is 313 g/mol. The van der Waals surface area contributed by atoms with Gasteiger partial charge in [0.2, 0.25) is 5.91 Å². The van der Waals surface area contributed by atoms with Crippen LogP contribution in [0, 0.1) is 0 Å². The van der Waals surface area contributed by atoms with Crippen molar-refractivity contribution in [3.63, 3.8) is 0 Å². The lowest BCUT2D eigenvalue weighted by molar-refractivity contribution is -0.122. The summed E-state index contributed by atoms with van der Waals surface area (Å²) < 4.78 is 6.41. The largest absolute Gasteiger partial charge is 0.378 e. The van der Waals surface area contributed by atoms with Gasteiger partial charge in [0.1, 0.15) is 5.82 Å². The first-order valence-corrected chi connectivity index (χ1v) is 6.96. The molecular formula is C13H17BrN2O2. The highest BCUT2D eigenvalue weighted by atomic mass is 79.9. The number of carbonyl (C=O) groups is 1. The number of hydrogen-bond donors (Lipinski definition) is 0. The van der Waals surface area contributed by atoms with Crippen molar-refractivity contribution in [3.05, 3.63) is 22.8 Å². The first kappa shape index (κ1) is 13.5. The van der Waals surface area contributed by atoms with Crippen LogP contribution in [0.3, 0.4) is 0 Å². The first-order valence-electron chi connectivity index (χ1n) is 6.17. The molecule has 1 aliphatic heterocycles. The molecule has 5 heteroatoms. The van der Waals surface area contributed by atoms with Crippen molar-refractivity contribution < 1.29 is 9.53 Å². The number of rotatable bonds is 3. The van der Waals surface area contributed by atoms with Crippen LogP contribution in [-0.4, -0.2) is 30.6 Å². The van der Waals surface area contributed by atoms with Gasteiger partial charge in [-0.25, -0.2) is 4.98 Å². The Kier molecular flexibility index (Phi) is 4.72. The summed E-state index contributed by atoms with van der Waals surface area (Å²) in [6.45, 7) is 0.773. The van der Waals surface area contributed by atoms with E-state index in [1.54, 1.807) is 18.1 Å². The first-order chi connectivity index (χ1) is 8.68. The standard InChI is InChI=1S/C13H17BrN2O2/c1-16(13-11(14)6-4-7-15-13)12(17)9-10-5-2-3-8-18-10/h4,6-7,10H,2-3,5,8-9H2,1H3. The van der Waals surface area contributed by atoms with Crippen LogP contribution in [0.25, 0.3) is 0 Å². The van der Waals surface area contributed by atoms with Gasteiger partial charge in [-0.05, 0) is 47.3 Å². The summed E-state index contributed by atoms with van der Waals surface area (Å²) in [7, 11) is 1.75. The van der Waals surface area contributed by atoms with Crippen LogP contribution in [0.15, 0.2) is 22.8 Å². The third kappa shape index (κ3) is 3.29.